The van der Waals surface area contributed by atoms with Gasteiger partial charge in [0.25, 0.3) is 0 Å². The number of methoxy groups -OCH3 is 1. The number of benzene rings is 1. The molecule has 0 saturated heterocycles. The summed E-state index contributed by atoms with van der Waals surface area (Å²) in [4.78, 5) is 26.1. The Morgan fingerprint density at radius 1 is 0.941 bits per heavy atom. The average Bonchev–Trinajstić information content (AvgIpc) is 2.79. The number of carbonyl (C=O) groups excluding carboxylic acids is 2. The molecule has 34 heavy (non-hydrogen) atoms. The highest BCUT2D eigenvalue weighted by Crippen LogP contribution is 2.74. The summed E-state index contributed by atoms with van der Waals surface area (Å²) in [5, 5.41) is 20.4. The van der Waals surface area contributed by atoms with E-state index in [1.807, 2.05) is 6.08 Å². The number of fused-ring (bicyclic) bond motifs is 7. The Bertz CT molecular complexity index is 1140. The van der Waals surface area contributed by atoms with Gasteiger partial charge in [-0.15, -0.1) is 0 Å². The molecule has 2 N–H and O–H groups in total. The van der Waals surface area contributed by atoms with Gasteiger partial charge < -0.3 is 14.9 Å². The lowest BCUT2D eigenvalue weighted by atomic mass is 9.34. The van der Waals surface area contributed by atoms with Gasteiger partial charge in [0.05, 0.1) is 12.5 Å². The van der Waals surface area contributed by atoms with E-state index in [1.54, 1.807) is 6.07 Å². The van der Waals surface area contributed by atoms with Crippen molar-refractivity contribution in [2.75, 3.05) is 7.11 Å². The molecule has 4 aliphatic carbocycles. The summed E-state index contributed by atoms with van der Waals surface area (Å²) in [5.74, 6) is -0.296. The third-order valence-corrected chi connectivity index (χ3v) is 11.2. The van der Waals surface area contributed by atoms with E-state index in [2.05, 4.69) is 34.6 Å². The monoisotopic (exact) mass is 466 g/mol. The van der Waals surface area contributed by atoms with Crippen LogP contribution < -0.4 is 0 Å². The van der Waals surface area contributed by atoms with Gasteiger partial charge in [-0.2, -0.15) is 0 Å². The predicted octanol–water partition coefficient (Wildman–Crippen LogP) is 6.06. The number of phenolic OH excluding ortho intramolecular Hbond substituents is 2. The zero-order chi connectivity index (χ0) is 24.9. The van der Waals surface area contributed by atoms with Crippen LogP contribution >= 0.6 is 0 Å². The molecule has 0 unspecified atom stereocenters. The molecule has 0 bridgehead atoms. The van der Waals surface area contributed by atoms with E-state index in [0.717, 1.165) is 56.1 Å². The first-order valence-electron chi connectivity index (χ1n) is 12.7. The maximum atomic E-state index is 13.3. The number of allylic oxidation sites excluding steroid dienone is 2. The van der Waals surface area contributed by atoms with Gasteiger partial charge >= 0.3 is 5.97 Å². The molecule has 0 spiro atoms. The number of aromatic hydroxyl groups is 2. The first-order chi connectivity index (χ1) is 15.7. The standard InChI is InChI=1S/C29H38O5/c1-25-7-8-26(2,24(33)34-6)16-23(25)29(5)12-10-27(3)18-14-21(32)20(31)13-17(18)19(30)15-22(27)28(29,4)11-9-25/h13-15,23,31-32H,7-12,16H2,1-6H3/t23-,25-,26-,27+,28-,29+/m1/s1. The summed E-state index contributed by atoms with van der Waals surface area (Å²) >= 11 is 0. The number of esters is 1. The molecule has 1 aromatic rings. The maximum Gasteiger partial charge on any atom is 0.311 e. The molecule has 0 amide bonds. The lowest BCUT2D eigenvalue weighted by Gasteiger charge is -2.69. The number of carbonyl (C=O) groups is 2. The molecule has 6 atom stereocenters. The summed E-state index contributed by atoms with van der Waals surface area (Å²) in [7, 11) is 1.49. The minimum atomic E-state index is -0.479. The summed E-state index contributed by atoms with van der Waals surface area (Å²) in [6.45, 7) is 11.4. The molecule has 3 saturated carbocycles. The van der Waals surface area contributed by atoms with Crippen molar-refractivity contribution in [1.82, 2.24) is 0 Å². The van der Waals surface area contributed by atoms with Crippen LogP contribution in [0.25, 0.3) is 0 Å². The minimum absolute atomic E-state index is 0.0716. The van der Waals surface area contributed by atoms with E-state index in [0.29, 0.717) is 11.5 Å². The van der Waals surface area contributed by atoms with Gasteiger partial charge in [0.15, 0.2) is 17.3 Å². The van der Waals surface area contributed by atoms with Crippen molar-refractivity contribution >= 4 is 11.8 Å². The van der Waals surface area contributed by atoms with Crippen molar-refractivity contribution < 1.29 is 24.5 Å². The second kappa shape index (κ2) is 6.89. The van der Waals surface area contributed by atoms with E-state index in [1.165, 1.54) is 13.2 Å². The van der Waals surface area contributed by atoms with E-state index in [9.17, 15) is 19.8 Å². The van der Waals surface area contributed by atoms with E-state index in [-0.39, 0.29) is 44.9 Å². The largest absolute Gasteiger partial charge is 0.504 e. The zero-order valence-corrected chi connectivity index (χ0v) is 21.4. The first-order valence-corrected chi connectivity index (χ1v) is 12.7. The average molecular weight is 467 g/mol. The third-order valence-electron chi connectivity index (χ3n) is 11.2. The minimum Gasteiger partial charge on any atom is -0.504 e. The smallest absolute Gasteiger partial charge is 0.311 e. The van der Waals surface area contributed by atoms with Crippen molar-refractivity contribution in [2.24, 2.45) is 27.6 Å². The van der Waals surface area contributed by atoms with Gasteiger partial charge in [0, 0.05) is 11.0 Å². The topological polar surface area (TPSA) is 83.8 Å². The number of ether oxygens (including phenoxy) is 1. The van der Waals surface area contributed by atoms with Gasteiger partial charge in [-0.3, -0.25) is 9.59 Å². The Kier molecular flexibility index (Phi) is 4.75. The van der Waals surface area contributed by atoms with Crippen molar-refractivity contribution in [3.05, 3.63) is 34.9 Å². The predicted molar refractivity (Wildman–Crippen MR) is 130 cm³/mol. The Hall–Kier alpha value is -2.30. The SMILES string of the molecule is COC(=O)[C@]1(C)CC[C@]2(C)CC[C@]3(C)C4=CC(=O)c5cc(O)c(O)cc5[C@]4(C)CC[C@@]3(C)[C@@H]2C1. The Balaban J connectivity index is 1.64. The molecular weight excluding hydrogens is 428 g/mol. The van der Waals surface area contributed by atoms with Crippen LogP contribution in [0.4, 0.5) is 0 Å². The van der Waals surface area contributed by atoms with E-state index >= 15 is 0 Å². The normalized spacial score (nSPS) is 43.1. The number of hydrogen-bond acceptors (Lipinski definition) is 5. The molecule has 0 aliphatic heterocycles. The van der Waals surface area contributed by atoms with Gasteiger partial charge in [-0.25, -0.2) is 0 Å². The van der Waals surface area contributed by atoms with Crippen LogP contribution in [-0.4, -0.2) is 29.1 Å². The second-order valence-electron chi connectivity index (χ2n) is 12.9. The van der Waals surface area contributed by atoms with Crippen LogP contribution in [0.3, 0.4) is 0 Å². The number of hydrogen-bond donors (Lipinski definition) is 2. The lowest BCUT2D eigenvalue weighted by molar-refractivity contribution is -0.179. The van der Waals surface area contributed by atoms with Crippen molar-refractivity contribution in [3.63, 3.8) is 0 Å². The van der Waals surface area contributed by atoms with Crippen LogP contribution in [0, 0.1) is 27.6 Å². The van der Waals surface area contributed by atoms with Crippen molar-refractivity contribution in [3.8, 4) is 11.5 Å². The molecule has 5 rings (SSSR count). The molecule has 0 heterocycles. The van der Waals surface area contributed by atoms with Gasteiger partial charge in [-0.05, 0) is 103 Å². The third kappa shape index (κ3) is 2.73. The fourth-order valence-corrected chi connectivity index (χ4v) is 8.66. The van der Waals surface area contributed by atoms with Crippen molar-refractivity contribution in [2.45, 2.75) is 85.0 Å². The first kappa shape index (κ1) is 23.4. The number of phenols is 2. The van der Waals surface area contributed by atoms with E-state index in [4.69, 9.17) is 4.74 Å². The fraction of sp³-hybridized carbons (Fsp3) is 0.655. The molecule has 184 valence electrons. The number of rotatable bonds is 1. The van der Waals surface area contributed by atoms with Gasteiger partial charge in [0.2, 0.25) is 0 Å². The quantitative estimate of drug-likeness (QED) is 0.388. The molecule has 3 fully saturated rings. The van der Waals surface area contributed by atoms with Crippen LogP contribution in [0.1, 0.15) is 95.5 Å². The Labute approximate surface area is 202 Å². The van der Waals surface area contributed by atoms with Crippen LogP contribution in [-0.2, 0) is 14.9 Å². The van der Waals surface area contributed by atoms with E-state index < -0.39 is 5.41 Å². The molecule has 1 aromatic carbocycles. The zero-order valence-electron chi connectivity index (χ0n) is 21.4. The summed E-state index contributed by atoms with van der Waals surface area (Å²) in [6, 6.07) is 3.02. The molecule has 0 radical (unpaired) electrons. The van der Waals surface area contributed by atoms with Crippen molar-refractivity contribution in [1.29, 1.82) is 0 Å². The highest BCUT2D eigenvalue weighted by molar-refractivity contribution is 6.09. The highest BCUT2D eigenvalue weighted by Gasteiger charge is 2.67. The van der Waals surface area contributed by atoms with Crippen LogP contribution in [0.5, 0.6) is 11.5 Å². The maximum absolute atomic E-state index is 13.3. The Morgan fingerprint density at radius 2 is 1.59 bits per heavy atom. The van der Waals surface area contributed by atoms with Gasteiger partial charge in [0.1, 0.15) is 0 Å². The molecule has 5 nitrogen and oxygen atoms in total. The summed E-state index contributed by atoms with van der Waals surface area (Å²) < 4.78 is 5.24. The summed E-state index contributed by atoms with van der Waals surface area (Å²) in [6.07, 6.45) is 8.41. The second-order valence-corrected chi connectivity index (χ2v) is 12.9. The number of ketones is 1. The molecule has 5 heteroatoms. The Morgan fingerprint density at radius 3 is 2.26 bits per heavy atom. The molecule has 4 aliphatic rings. The summed E-state index contributed by atoms with van der Waals surface area (Å²) in [5.41, 5.74) is 1.50. The lowest BCUT2D eigenvalue weighted by Crippen LogP contribution is -2.62. The highest BCUT2D eigenvalue weighted by atomic mass is 16.5. The molecular formula is C29H38O5. The molecule has 0 aromatic heterocycles. The van der Waals surface area contributed by atoms with Gasteiger partial charge in [-0.1, -0.05) is 27.7 Å². The van der Waals surface area contributed by atoms with Crippen LogP contribution in [0.2, 0.25) is 0 Å². The fourth-order valence-electron chi connectivity index (χ4n) is 8.66. The van der Waals surface area contributed by atoms with Crippen LogP contribution in [0.15, 0.2) is 23.8 Å².